The molecule has 0 radical (unpaired) electrons. The maximum Gasteiger partial charge on any atom is 0.162 e. The summed E-state index contributed by atoms with van der Waals surface area (Å²) < 4.78 is 36.4. The standard InChI is InChI=1S/C12H14F2O3/c1-2-16-12-10(15)6-11(12)17-7-3-4-8(13)9(14)5-7/h3-5,10-12,15H,2,6H2,1H3. The molecule has 5 heteroatoms. The fraction of sp³-hybridized carbons (Fsp3) is 0.500. The average molecular weight is 244 g/mol. The van der Waals surface area contributed by atoms with Gasteiger partial charge in [0.1, 0.15) is 18.0 Å². The number of halogens is 2. The minimum absolute atomic E-state index is 0.241. The summed E-state index contributed by atoms with van der Waals surface area (Å²) in [6.07, 6.45) is -0.822. The van der Waals surface area contributed by atoms with Gasteiger partial charge in [0.05, 0.1) is 6.10 Å². The number of aliphatic hydroxyl groups excluding tert-OH is 1. The lowest BCUT2D eigenvalue weighted by molar-refractivity contribution is -0.160. The van der Waals surface area contributed by atoms with Crippen molar-refractivity contribution < 1.29 is 23.4 Å². The monoisotopic (exact) mass is 244 g/mol. The van der Waals surface area contributed by atoms with Gasteiger partial charge in [-0.1, -0.05) is 0 Å². The lowest BCUT2D eigenvalue weighted by atomic mass is 9.88. The Labute approximate surface area is 98.0 Å². The van der Waals surface area contributed by atoms with Gasteiger partial charge in [-0.25, -0.2) is 8.78 Å². The van der Waals surface area contributed by atoms with Crippen LogP contribution in [0, 0.1) is 11.6 Å². The van der Waals surface area contributed by atoms with Gasteiger partial charge in [-0.05, 0) is 19.1 Å². The van der Waals surface area contributed by atoms with Crippen molar-refractivity contribution in [3.05, 3.63) is 29.8 Å². The van der Waals surface area contributed by atoms with Gasteiger partial charge >= 0.3 is 0 Å². The third-order valence-corrected chi connectivity index (χ3v) is 2.76. The van der Waals surface area contributed by atoms with Gasteiger partial charge in [0, 0.05) is 19.1 Å². The quantitative estimate of drug-likeness (QED) is 0.879. The predicted molar refractivity (Wildman–Crippen MR) is 56.8 cm³/mol. The Bertz CT molecular complexity index is 397. The van der Waals surface area contributed by atoms with Gasteiger partial charge in [0.2, 0.25) is 0 Å². The van der Waals surface area contributed by atoms with Gasteiger partial charge in [0.15, 0.2) is 11.6 Å². The molecular formula is C12H14F2O3. The molecule has 3 nitrogen and oxygen atoms in total. The fourth-order valence-electron chi connectivity index (χ4n) is 1.81. The number of hydrogen-bond donors (Lipinski definition) is 1. The highest BCUT2D eigenvalue weighted by Gasteiger charge is 2.42. The highest BCUT2D eigenvalue weighted by molar-refractivity contribution is 5.24. The van der Waals surface area contributed by atoms with E-state index in [-0.39, 0.29) is 11.9 Å². The molecule has 0 saturated heterocycles. The number of hydrogen-bond acceptors (Lipinski definition) is 3. The molecule has 0 heterocycles. The molecule has 1 N–H and O–H groups in total. The smallest absolute Gasteiger partial charge is 0.162 e. The van der Waals surface area contributed by atoms with E-state index < -0.39 is 23.8 Å². The van der Waals surface area contributed by atoms with Crippen LogP contribution in [0.15, 0.2) is 18.2 Å². The Balaban J connectivity index is 1.99. The summed E-state index contributed by atoms with van der Waals surface area (Å²) in [7, 11) is 0. The second kappa shape index (κ2) is 4.98. The minimum atomic E-state index is -0.949. The van der Waals surface area contributed by atoms with E-state index in [1.807, 2.05) is 6.92 Å². The normalized spacial score (nSPS) is 27.6. The maximum atomic E-state index is 12.9. The average Bonchev–Trinajstić information content (AvgIpc) is 2.30. The van der Waals surface area contributed by atoms with E-state index in [1.165, 1.54) is 6.07 Å². The highest BCUT2D eigenvalue weighted by atomic mass is 19.2. The van der Waals surface area contributed by atoms with E-state index in [9.17, 15) is 13.9 Å². The molecule has 1 aliphatic rings. The van der Waals surface area contributed by atoms with Crippen LogP contribution >= 0.6 is 0 Å². The fourth-order valence-corrected chi connectivity index (χ4v) is 1.81. The second-order valence-electron chi connectivity index (χ2n) is 3.96. The van der Waals surface area contributed by atoms with Crippen LogP contribution < -0.4 is 4.74 Å². The van der Waals surface area contributed by atoms with E-state index >= 15 is 0 Å². The Morgan fingerprint density at radius 3 is 2.71 bits per heavy atom. The molecule has 2 rings (SSSR count). The zero-order chi connectivity index (χ0) is 12.4. The van der Waals surface area contributed by atoms with Gasteiger partial charge in [-0.2, -0.15) is 0 Å². The molecular weight excluding hydrogens is 230 g/mol. The summed E-state index contributed by atoms with van der Waals surface area (Å²) in [5, 5.41) is 9.45. The Morgan fingerprint density at radius 1 is 1.35 bits per heavy atom. The second-order valence-corrected chi connectivity index (χ2v) is 3.96. The summed E-state index contributed by atoms with van der Waals surface area (Å²) in [5.41, 5.74) is 0. The molecule has 1 fully saturated rings. The summed E-state index contributed by atoms with van der Waals surface area (Å²) in [6.45, 7) is 2.29. The van der Waals surface area contributed by atoms with Crippen molar-refractivity contribution >= 4 is 0 Å². The van der Waals surface area contributed by atoms with E-state index in [2.05, 4.69) is 0 Å². The van der Waals surface area contributed by atoms with Crippen LogP contribution in [0.2, 0.25) is 0 Å². The first-order valence-corrected chi connectivity index (χ1v) is 5.53. The molecule has 1 aliphatic carbocycles. The Morgan fingerprint density at radius 2 is 2.12 bits per heavy atom. The minimum Gasteiger partial charge on any atom is -0.487 e. The van der Waals surface area contributed by atoms with Crippen molar-refractivity contribution in [2.75, 3.05) is 6.61 Å². The van der Waals surface area contributed by atoms with Crippen LogP contribution in [-0.4, -0.2) is 30.0 Å². The summed E-state index contributed by atoms with van der Waals surface area (Å²) in [6, 6.07) is 3.35. The molecule has 94 valence electrons. The highest BCUT2D eigenvalue weighted by Crippen LogP contribution is 2.29. The third kappa shape index (κ3) is 2.56. The Kier molecular flexibility index (Phi) is 3.59. The molecule has 0 aromatic heterocycles. The van der Waals surface area contributed by atoms with Gasteiger partial charge in [-0.3, -0.25) is 0 Å². The molecule has 0 bridgehead atoms. The third-order valence-electron chi connectivity index (χ3n) is 2.76. The van der Waals surface area contributed by atoms with Crippen LogP contribution in [0.25, 0.3) is 0 Å². The van der Waals surface area contributed by atoms with E-state index in [0.29, 0.717) is 13.0 Å². The van der Waals surface area contributed by atoms with Crippen molar-refractivity contribution in [2.24, 2.45) is 0 Å². The van der Waals surface area contributed by atoms with Crippen molar-refractivity contribution in [1.29, 1.82) is 0 Å². The van der Waals surface area contributed by atoms with Crippen LogP contribution in [0.3, 0.4) is 0 Å². The largest absolute Gasteiger partial charge is 0.487 e. The van der Waals surface area contributed by atoms with Crippen molar-refractivity contribution in [3.63, 3.8) is 0 Å². The predicted octanol–water partition coefficient (Wildman–Crippen LogP) is 1.88. The van der Waals surface area contributed by atoms with Crippen LogP contribution in [0.4, 0.5) is 8.78 Å². The van der Waals surface area contributed by atoms with Gasteiger partial charge in [-0.15, -0.1) is 0 Å². The first kappa shape index (κ1) is 12.3. The molecule has 0 amide bonds. The Hall–Kier alpha value is -1.20. The van der Waals surface area contributed by atoms with Crippen molar-refractivity contribution in [3.8, 4) is 5.75 Å². The summed E-state index contributed by atoms with van der Waals surface area (Å²) >= 11 is 0. The lowest BCUT2D eigenvalue weighted by Crippen LogP contribution is -2.55. The zero-order valence-corrected chi connectivity index (χ0v) is 9.40. The molecule has 1 saturated carbocycles. The topological polar surface area (TPSA) is 38.7 Å². The molecule has 17 heavy (non-hydrogen) atoms. The van der Waals surface area contributed by atoms with E-state index in [1.54, 1.807) is 0 Å². The molecule has 0 aliphatic heterocycles. The zero-order valence-electron chi connectivity index (χ0n) is 9.40. The number of ether oxygens (including phenoxy) is 2. The van der Waals surface area contributed by atoms with Crippen LogP contribution in [0.1, 0.15) is 13.3 Å². The van der Waals surface area contributed by atoms with Gasteiger partial charge in [0.25, 0.3) is 0 Å². The molecule has 1 aromatic carbocycles. The number of aliphatic hydroxyl groups is 1. The van der Waals surface area contributed by atoms with E-state index in [0.717, 1.165) is 12.1 Å². The van der Waals surface area contributed by atoms with Crippen LogP contribution in [-0.2, 0) is 4.74 Å². The summed E-state index contributed by atoms with van der Waals surface area (Å²) in [5.74, 6) is -1.62. The molecule has 3 unspecified atom stereocenters. The summed E-state index contributed by atoms with van der Waals surface area (Å²) in [4.78, 5) is 0. The molecule has 1 aromatic rings. The maximum absolute atomic E-state index is 12.9. The molecule has 0 spiro atoms. The van der Waals surface area contributed by atoms with Crippen LogP contribution in [0.5, 0.6) is 5.75 Å². The lowest BCUT2D eigenvalue weighted by Gasteiger charge is -2.40. The SMILES string of the molecule is CCOC1C(O)CC1Oc1ccc(F)c(F)c1. The first-order valence-electron chi connectivity index (χ1n) is 5.53. The van der Waals surface area contributed by atoms with Crippen molar-refractivity contribution in [1.82, 2.24) is 0 Å². The van der Waals surface area contributed by atoms with Crippen molar-refractivity contribution in [2.45, 2.75) is 31.7 Å². The first-order chi connectivity index (χ1) is 8.11. The number of benzene rings is 1. The van der Waals surface area contributed by atoms with E-state index in [4.69, 9.17) is 9.47 Å². The molecule has 3 atom stereocenters. The number of rotatable bonds is 4. The van der Waals surface area contributed by atoms with Gasteiger partial charge < -0.3 is 14.6 Å².